The Hall–Kier alpha value is -3.79. The molecule has 5 rings (SSSR count). The second-order valence-electron chi connectivity index (χ2n) is 8.23. The van der Waals surface area contributed by atoms with E-state index in [-0.39, 0.29) is 17.4 Å². The van der Waals surface area contributed by atoms with Gasteiger partial charge in [0.05, 0.1) is 29.2 Å². The summed E-state index contributed by atoms with van der Waals surface area (Å²) >= 11 is 0. The Morgan fingerprint density at radius 3 is 2.67 bits per heavy atom. The third-order valence-corrected chi connectivity index (χ3v) is 5.99. The lowest BCUT2D eigenvalue weighted by Crippen LogP contribution is -2.56. The summed E-state index contributed by atoms with van der Waals surface area (Å²) in [5.74, 6) is -0.843. The largest absolute Gasteiger partial charge is 0.352 e. The van der Waals surface area contributed by atoms with Crippen LogP contribution in [0, 0.1) is 12.7 Å². The van der Waals surface area contributed by atoms with Gasteiger partial charge in [0.15, 0.2) is 6.29 Å². The van der Waals surface area contributed by atoms with Gasteiger partial charge in [-0.15, -0.1) is 0 Å². The number of hydrogen-bond acceptors (Lipinski definition) is 6. The molecule has 1 saturated heterocycles. The van der Waals surface area contributed by atoms with Crippen molar-refractivity contribution < 1.29 is 14.0 Å². The van der Waals surface area contributed by atoms with Crippen molar-refractivity contribution in [1.82, 2.24) is 30.1 Å². The smallest absolute Gasteiger partial charge is 0.256 e. The van der Waals surface area contributed by atoms with Crippen molar-refractivity contribution in [2.45, 2.75) is 19.6 Å². The summed E-state index contributed by atoms with van der Waals surface area (Å²) in [5, 5.41) is 14.5. The van der Waals surface area contributed by atoms with E-state index in [4.69, 9.17) is 0 Å². The molecule has 170 valence electrons. The summed E-state index contributed by atoms with van der Waals surface area (Å²) in [4.78, 5) is 31.3. The average Bonchev–Trinajstić information content (AvgIpc) is 3.23. The molecule has 1 fully saturated rings. The number of halogens is 1. The number of nitrogens with one attached hydrogen (secondary N) is 2. The Labute approximate surface area is 190 Å². The van der Waals surface area contributed by atoms with Crippen molar-refractivity contribution in [1.29, 1.82) is 0 Å². The summed E-state index contributed by atoms with van der Waals surface area (Å²) < 4.78 is 13.5. The maximum atomic E-state index is 13.5. The van der Waals surface area contributed by atoms with E-state index in [0.717, 1.165) is 12.0 Å². The van der Waals surface area contributed by atoms with Gasteiger partial charge in [-0.1, -0.05) is 11.6 Å². The van der Waals surface area contributed by atoms with Crippen LogP contribution in [0.3, 0.4) is 0 Å². The van der Waals surface area contributed by atoms with Crippen LogP contribution in [-0.2, 0) is 0 Å². The number of hydrogen-bond donors (Lipinski definition) is 2. The van der Waals surface area contributed by atoms with Gasteiger partial charge in [0.1, 0.15) is 5.82 Å². The van der Waals surface area contributed by atoms with Crippen LogP contribution in [-0.4, -0.2) is 69.1 Å². The van der Waals surface area contributed by atoms with Gasteiger partial charge in [-0.05, 0) is 43.7 Å². The van der Waals surface area contributed by atoms with Gasteiger partial charge in [-0.3, -0.25) is 14.5 Å². The second kappa shape index (κ2) is 8.62. The van der Waals surface area contributed by atoms with E-state index >= 15 is 0 Å². The van der Waals surface area contributed by atoms with Crippen molar-refractivity contribution >= 4 is 17.5 Å². The zero-order chi connectivity index (χ0) is 22.9. The standard InChI is InChI=1S/C23H24FN7O2/c1-15-3-6-20(31-25-7-8-26-31)18(13-15)22(33)29-9-2-10-30(12-11-29)23-27-19-5-4-16(24)14-17(19)21(32)28-23/h3-8,13-14,23,27H,2,9-12H2,1H3,(H,28,32). The minimum Gasteiger partial charge on any atom is -0.352 e. The predicted octanol–water partition coefficient (Wildman–Crippen LogP) is 2.00. The van der Waals surface area contributed by atoms with Crippen LogP contribution in [0.1, 0.15) is 32.7 Å². The van der Waals surface area contributed by atoms with E-state index in [1.54, 1.807) is 18.5 Å². The highest BCUT2D eigenvalue weighted by molar-refractivity contribution is 6.01. The number of aromatic nitrogens is 3. The van der Waals surface area contributed by atoms with Crippen molar-refractivity contribution in [3.63, 3.8) is 0 Å². The molecule has 10 heteroatoms. The van der Waals surface area contributed by atoms with E-state index in [2.05, 4.69) is 25.7 Å². The SMILES string of the molecule is Cc1ccc(-n2nccn2)c(C(=O)N2CCCN(C3NC(=O)c4cc(F)ccc4N3)CC2)c1. The average molecular weight is 449 g/mol. The fourth-order valence-electron chi connectivity index (χ4n) is 4.30. The Morgan fingerprint density at radius 2 is 1.85 bits per heavy atom. The first kappa shape index (κ1) is 21.1. The maximum absolute atomic E-state index is 13.5. The number of carbonyl (C=O) groups excluding carboxylic acids is 2. The number of aryl methyl sites for hydroxylation is 1. The highest BCUT2D eigenvalue weighted by atomic mass is 19.1. The van der Waals surface area contributed by atoms with Gasteiger partial charge in [-0.25, -0.2) is 4.39 Å². The summed E-state index contributed by atoms with van der Waals surface area (Å²) in [6.07, 6.45) is 3.48. The lowest BCUT2D eigenvalue weighted by atomic mass is 10.1. The molecule has 0 spiro atoms. The molecule has 2 aromatic carbocycles. The van der Waals surface area contributed by atoms with Gasteiger partial charge in [0.2, 0.25) is 0 Å². The quantitative estimate of drug-likeness (QED) is 0.635. The number of benzene rings is 2. The molecular formula is C23H24FN7O2. The fourth-order valence-corrected chi connectivity index (χ4v) is 4.30. The van der Waals surface area contributed by atoms with Gasteiger partial charge >= 0.3 is 0 Å². The number of nitrogens with zero attached hydrogens (tertiary/aromatic N) is 5. The number of amides is 2. The first-order valence-corrected chi connectivity index (χ1v) is 10.9. The molecule has 1 atom stereocenters. The minimum absolute atomic E-state index is 0.0747. The molecule has 2 aliphatic heterocycles. The summed E-state index contributed by atoms with van der Waals surface area (Å²) in [7, 11) is 0. The third-order valence-electron chi connectivity index (χ3n) is 5.99. The van der Waals surface area contributed by atoms with Crippen molar-refractivity contribution in [2.24, 2.45) is 0 Å². The van der Waals surface area contributed by atoms with Gasteiger partial charge in [0.25, 0.3) is 11.8 Å². The van der Waals surface area contributed by atoms with E-state index in [0.29, 0.717) is 43.1 Å². The fraction of sp³-hybridized carbons (Fsp3) is 0.304. The van der Waals surface area contributed by atoms with Crippen LogP contribution in [0.4, 0.5) is 10.1 Å². The normalized spacial score (nSPS) is 18.8. The topological polar surface area (TPSA) is 95.4 Å². The van der Waals surface area contributed by atoms with E-state index in [9.17, 15) is 14.0 Å². The molecule has 1 aromatic heterocycles. The Kier molecular flexibility index (Phi) is 5.51. The monoisotopic (exact) mass is 449 g/mol. The molecule has 0 aliphatic carbocycles. The lowest BCUT2D eigenvalue weighted by Gasteiger charge is -2.36. The Bertz CT molecular complexity index is 1200. The highest BCUT2D eigenvalue weighted by Gasteiger charge is 2.31. The van der Waals surface area contributed by atoms with Gasteiger partial charge < -0.3 is 15.5 Å². The summed E-state index contributed by atoms with van der Waals surface area (Å²) in [6, 6.07) is 9.79. The van der Waals surface area contributed by atoms with Crippen LogP contribution < -0.4 is 10.6 Å². The number of fused-ring (bicyclic) bond motifs is 1. The molecule has 2 amide bonds. The first-order valence-electron chi connectivity index (χ1n) is 10.9. The van der Waals surface area contributed by atoms with Crippen molar-refractivity contribution in [3.05, 3.63) is 71.3 Å². The first-order chi connectivity index (χ1) is 16.0. The van der Waals surface area contributed by atoms with Crippen LogP contribution in [0.25, 0.3) is 5.69 Å². The van der Waals surface area contributed by atoms with Gasteiger partial charge in [0, 0.05) is 31.9 Å². The van der Waals surface area contributed by atoms with Crippen LogP contribution in [0.2, 0.25) is 0 Å². The number of anilines is 1. The van der Waals surface area contributed by atoms with Crippen LogP contribution >= 0.6 is 0 Å². The number of carbonyl (C=O) groups is 2. The van der Waals surface area contributed by atoms with E-state index < -0.39 is 12.1 Å². The molecule has 0 radical (unpaired) electrons. The van der Waals surface area contributed by atoms with Crippen molar-refractivity contribution in [2.75, 3.05) is 31.5 Å². The molecule has 33 heavy (non-hydrogen) atoms. The molecule has 0 bridgehead atoms. The van der Waals surface area contributed by atoms with Crippen LogP contribution in [0.15, 0.2) is 48.8 Å². The molecule has 9 nitrogen and oxygen atoms in total. The number of rotatable bonds is 3. The zero-order valence-electron chi connectivity index (χ0n) is 18.2. The van der Waals surface area contributed by atoms with Gasteiger partial charge in [-0.2, -0.15) is 15.0 Å². The minimum atomic E-state index is -0.450. The molecule has 3 heterocycles. The Balaban J connectivity index is 1.32. The zero-order valence-corrected chi connectivity index (χ0v) is 18.2. The Morgan fingerprint density at radius 1 is 1.03 bits per heavy atom. The summed E-state index contributed by atoms with van der Waals surface area (Å²) in [5.41, 5.74) is 3.06. The second-order valence-corrected chi connectivity index (χ2v) is 8.23. The molecule has 0 saturated carbocycles. The van der Waals surface area contributed by atoms with E-state index in [1.807, 2.05) is 30.0 Å². The molecule has 2 N–H and O–H groups in total. The predicted molar refractivity (Wildman–Crippen MR) is 119 cm³/mol. The lowest BCUT2D eigenvalue weighted by molar-refractivity contribution is 0.0747. The van der Waals surface area contributed by atoms with Crippen LogP contribution in [0.5, 0.6) is 0 Å². The van der Waals surface area contributed by atoms with Crippen molar-refractivity contribution in [3.8, 4) is 5.69 Å². The molecule has 1 unspecified atom stereocenters. The molecular weight excluding hydrogens is 425 g/mol. The summed E-state index contributed by atoms with van der Waals surface area (Å²) in [6.45, 7) is 4.31. The molecule has 2 aliphatic rings. The third kappa shape index (κ3) is 4.17. The maximum Gasteiger partial charge on any atom is 0.256 e. The van der Waals surface area contributed by atoms with E-state index in [1.165, 1.54) is 16.9 Å². The molecule has 3 aromatic rings. The highest BCUT2D eigenvalue weighted by Crippen LogP contribution is 2.23.